The van der Waals surface area contributed by atoms with E-state index in [4.69, 9.17) is 27.6 Å². The quantitative estimate of drug-likeness (QED) is 0.467. The lowest BCUT2D eigenvalue weighted by Crippen LogP contribution is -1.97. The zero-order valence-corrected chi connectivity index (χ0v) is 10.8. The molecule has 0 amide bonds. The van der Waals surface area contributed by atoms with Gasteiger partial charge in [-0.1, -0.05) is 23.2 Å². The highest BCUT2D eigenvalue weighted by Crippen LogP contribution is 2.30. The van der Waals surface area contributed by atoms with Crippen LogP contribution in [0.5, 0.6) is 0 Å². The molecule has 0 radical (unpaired) electrons. The first-order valence-corrected chi connectivity index (χ1v) is 5.24. The Morgan fingerprint density at radius 1 is 1.43 bits per heavy atom. The Bertz CT molecular complexity index is 372. The maximum absolute atomic E-state index is 10.6. The van der Waals surface area contributed by atoms with Gasteiger partial charge in [0.1, 0.15) is 10.5 Å². The third kappa shape index (κ3) is 2.45. The summed E-state index contributed by atoms with van der Waals surface area (Å²) in [7, 11) is 0.515. The van der Waals surface area contributed by atoms with Crippen LogP contribution in [0.25, 0.3) is 0 Å². The molecule has 14 heavy (non-hydrogen) atoms. The smallest absolute Gasteiger partial charge is 0.276 e. The Labute approximate surface area is 93.5 Å². The van der Waals surface area contributed by atoms with E-state index in [2.05, 4.69) is 0 Å². The molecule has 0 aliphatic carbocycles. The van der Waals surface area contributed by atoms with Crippen molar-refractivity contribution in [3.8, 4) is 0 Å². The molecule has 1 aromatic carbocycles. The maximum Gasteiger partial charge on any atom is 0.276 e. The van der Waals surface area contributed by atoms with Crippen LogP contribution >= 0.6 is 23.2 Å². The topological polar surface area (TPSA) is 52.4 Å². The molecule has 0 aromatic heterocycles. The molecular weight excluding hydrogens is 245 g/mol. The van der Waals surface area contributed by atoms with Gasteiger partial charge in [0, 0.05) is 6.07 Å². The number of hydrogen-bond acceptors (Lipinski definition) is 3. The van der Waals surface area contributed by atoms with Gasteiger partial charge in [-0.2, -0.15) is 0 Å². The van der Waals surface area contributed by atoms with Gasteiger partial charge >= 0.3 is 0 Å². The second-order valence-corrected chi connectivity index (χ2v) is 3.98. The normalized spacial score (nSPS) is 10.4. The Hall–Kier alpha value is -0.623. The fourth-order valence-electron chi connectivity index (χ4n) is 1.02. The fraction of sp³-hybridized carbons (Fsp3) is 0.143. The Morgan fingerprint density at radius 3 is 2.50 bits per heavy atom. The van der Waals surface area contributed by atoms with E-state index in [0.29, 0.717) is 21.1 Å². The van der Waals surface area contributed by atoms with Crippen molar-refractivity contribution >= 4 is 39.4 Å². The Kier molecular flexibility index (Phi) is 3.88. The summed E-state index contributed by atoms with van der Waals surface area (Å²) in [4.78, 5) is 10.1. The molecule has 4 nitrogen and oxygen atoms in total. The minimum absolute atomic E-state index is 0.0600. The molecule has 0 N–H and O–H groups in total. The van der Waals surface area contributed by atoms with Crippen LogP contribution in [0.1, 0.15) is 5.56 Å². The van der Waals surface area contributed by atoms with Gasteiger partial charge in [-0.15, -0.1) is 0 Å². The van der Waals surface area contributed by atoms with Crippen molar-refractivity contribution in [2.75, 3.05) is 0 Å². The van der Waals surface area contributed by atoms with Crippen molar-refractivity contribution in [2.45, 2.75) is 6.61 Å². The molecular formula is C7H7Cl2NO3Si. The van der Waals surface area contributed by atoms with Crippen LogP contribution < -0.4 is 0 Å². The summed E-state index contributed by atoms with van der Waals surface area (Å²) in [6, 6.07) is 2.69. The highest BCUT2D eigenvalue weighted by molar-refractivity contribution is 6.42. The monoisotopic (exact) mass is 251 g/mol. The summed E-state index contributed by atoms with van der Waals surface area (Å²) in [6.45, 7) is 0.194. The SMILES string of the molecule is O=[N+]([O-])c1cc(Cl)c(Cl)cc1CO[SiH3]. The van der Waals surface area contributed by atoms with E-state index in [-0.39, 0.29) is 17.3 Å². The summed E-state index contributed by atoms with van der Waals surface area (Å²) in [5.74, 6) is 0. The van der Waals surface area contributed by atoms with E-state index in [9.17, 15) is 10.1 Å². The van der Waals surface area contributed by atoms with Crippen LogP contribution in [0.2, 0.25) is 10.0 Å². The summed E-state index contributed by atoms with van der Waals surface area (Å²) in [5, 5.41) is 11.1. The molecule has 0 fully saturated rings. The molecule has 76 valence electrons. The van der Waals surface area contributed by atoms with Crippen LogP contribution in [0.15, 0.2) is 12.1 Å². The van der Waals surface area contributed by atoms with Gasteiger partial charge in [0.15, 0.2) is 0 Å². The Morgan fingerprint density at radius 2 is 2.00 bits per heavy atom. The average molecular weight is 252 g/mol. The van der Waals surface area contributed by atoms with Crippen molar-refractivity contribution in [2.24, 2.45) is 0 Å². The van der Waals surface area contributed by atoms with E-state index >= 15 is 0 Å². The number of nitrogens with zero attached hydrogens (tertiary/aromatic N) is 1. The molecule has 0 heterocycles. The minimum atomic E-state index is -0.502. The lowest BCUT2D eigenvalue weighted by molar-refractivity contribution is -0.385. The molecule has 1 aromatic rings. The predicted molar refractivity (Wildman–Crippen MR) is 57.8 cm³/mol. The average Bonchev–Trinajstić information content (AvgIpc) is 2.11. The number of nitro groups is 1. The van der Waals surface area contributed by atoms with Gasteiger partial charge in [-0.05, 0) is 6.07 Å². The molecule has 0 unspecified atom stereocenters. The second-order valence-electron chi connectivity index (χ2n) is 2.59. The Balaban J connectivity index is 3.24. The zero-order valence-electron chi connectivity index (χ0n) is 7.29. The van der Waals surface area contributed by atoms with Crippen molar-refractivity contribution < 1.29 is 9.35 Å². The third-order valence-electron chi connectivity index (χ3n) is 1.62. The predicted octanol–water partition coefficient (Wildman–Crippen LogP) is 1.70. The molecule has 0 aliphatic heterocycles. The minimum Gasteiger partial charge on any atom is -0.423 e. The van der Waals surface area contributed by atoms with Crippen LogP contribution in [0.4, 0.5) is 5.69 Å². The third-order valence-corrected chi connectivity index (χ3v) is 2.63. The van der Waals surface area contributed by atoms with E-state index < -0.39 is 4.92 Å². The van der Waals surface area contributed by atoms with Gasteiger partial charge in [0.05, 0.1) is 27.1 Å². The number of rotatable bonds is 3. The fourth-order valence-corrected chi connectivity index (χ4v) is 1.67. The van der Waals surface area contributed by atoms with Crippen molar-refractivity contribution in [3.05, 3.63) is 37.9 Å². The van der Waals surface area contributed by atoms with Crippen molar-refractivity contribution in [3.63, 3.8) is 0 Å². The maximum atomic E-state index is 10.6. The highest BCUT2D eigenvalue weighted by atomic mass is 35.5. The first-order valence-electron chi connectivity index (χ1n) is 3.67. The van der Waals surface area contributed by atoms with Gasteiger partial charge in [-0.3, -0.25) is 10.1 Å². The number of benzene rings is 1. The van der Waals surface area contributed by atoms with E-state index in [0.717, 1.165) is 0 Å². The highest BCUT2D eigenvalue weighted by Gasteiger charge is 2.16. The van der Waals surface area contributed by atoms with Crippen LogP contribution in [0, 0.1) is 10.1 Å². The summed E-state index contributed by atoms with van der Waals surface area (Å²) < 4.78 is 4.95. The number of nitro benzene ring substituents is 1. The molecule has 0 bridgehead atoms. The van der Waals surface area contributed by atoms with Crippen LogP contribution in [-0.2, 0) is 11.0 Å². The molecule has 7 heteroatoms. The first-order chi connectivity index (χ1) is 6.56. The molecule has 0 atom stereocenters. The van der Waals surface area contributed by atoms with Gasteiger partial charge in [0.25, 0.3) is 5.69 Å². The van der Waals surface area contributed by atoms with Crippen LogP contribution in [0.3, 0.4) is 0 Å². The second kappa shape index (κ2) is 4.74. The molecule has 1 rings (SSSR count). The molecule has 0 aliphatic rings. The van der Waals surface area contributed by atoms with Gasteiger partial charge in [0.2, 0.25) is 0 Å². The zero-order chi connectivity index (χ0) is 10.7. The lowest BCUT2D eigenvalue weighted by atomic mass is 10.2. The van der Waals surface area contributed by atoms with Crippen LogP contribution in [-0.4, -0.2) is 15.4 Å². The van der Waals surface area contributed by atoms with Crippen molar-refractivity contribution in [1.29, 1.82) is 0 Å². The molecule has 0 saturated heterocycles. The summed E-state index contributed by atoms with van der Waals surface area (Å²) >= 11 is 11.4. The lowest BCUT2D eigenvalue weighted by Gasteiger charge is -2.03. The molecule has 0 saturated carbocycles. The number of hydrogen-bond donors (Lipinski definition) is 0. The number of halogens is 2. The largest absolute Gasteiger partial charge is 0.423 e. The van der Waals surface area contributed by atoms with Gasteiger partial charge in [-0.25, -0.2) is 0 Å². The first kappa shape index (κ1) is 11.5. The van der Waals surface area contributed by atoms with Crippen molar-refractivity contribution in [1.82, 2.24) is 0 Å². The van der Waals surface area contributed by atoms with E-state index in [1.807, 2.05) is 0 Å². The van der Waals surface area contributed by atoms with Gasteiger partial charge < -0.3 is 4.43 Å². The van der Waals surface area contributed by atoms with E-state index in [1.54, 1.807) is 0 Å². The van der Waals surface area contributed by atoms with E-state index in [1.165, 1.54) is 12.1 Å². The summed E-state index contributed by atoms with van der Waals surface area (Å²) in [6.07, 6.45) is 0. The standard InChI is InChI=1S/C7H7Cl2NO3Si/c8-5-1-4(3-13-14)7(10(11)12)2-6(5)9/h1-2H,3H2,14H3. The summed E-state index contributed by atoms with van der Waals surface area (Å²) in [5.41, 5.74) is 0.384. The molecule has 0 spiro atoms.